The molecule has 3 nitrogen and oxygen atoms in total. The minimum absolute atomic E-state index is 0.716. The zero-order valence-corrected chi connectivity index (χ0v) is 9.11. The second-order valence-electron chi connectivity index (χ2n) is 4.31. The second-order valence-corrected chi connectivity index (χ2v) is 4.31. The van der Waals surface area contributed by atoms with E-state index in [4.69, 9.17) is 0 Å². The van der Waals surface area contributed by atoms with Crippen molar-refractivity contribution in [1.82, 2.24) is 10.3 Å². The van der Waals surface area contributed by atoms with Gasteiger partial charge in [-0.25, -0.2) is 0 Å². The molecule has 15 heavy (non-hydrogen) atoms. The van der Waals surface area contributed by atoms with Crippen molar-refractivity contribution in [3.63, 3.8) is 0 Å². The molecule has 1 fully saturated rings. The van der Waals surface area contributed by atoms with Crippen LogP contribution in [0.15, 0.2) is 24.4 Å². The van der Waals surface area contributed by atoms with Crippen LogP contribution in [0.1, 0.15) is 31.4 Å². The first kappa shape index (κ1) is 10.6. The topological polar surface area (TPSA) is 45.1 Å². The molecule has 0 bridgehead atoms. The maximum absolute atomic E-state index is 10.4. The van der Waals surface area contributed by atoms with Crippen LogP contribution in [0.4, 0.5) is 0 Å². The van der Waals surface area contributed by atoms with Gasteiger partial charge in [-0.1, -0.05) is 18.9 Å². The Morgan fingerprint density at radius 1 is 1.53 bits per heavy atom. The first-order chi connectivity index (χ1) is 7.24. The van der Waals surface area contributed by atoms with Gasteiger partial charge in [0, 0.05) is 6.20 Å². The number of nitrogens with zero attached hydrogens (tertiary/aromatic N) is 1. The average molecular weight is 206 g/mol. The molecule has 1 aliphatic rings. The molecule has 1 heterocycles. The Kier molecular flexibility index (Phi) is 3.03. The third kappa shape index (κ3) is 2.55. The van der Waals surface area contributed by atoms with Crippen LogP contribution in [-0.4, -0.2) is 17.1 Å². The van der Waals surface area contributed by atoms with Crippen LogP contribution in [0.2, 0.25) is 0 Å². The SMILES string of the molecule is CNC(O)(CCC1CC1)c1ccccn1. The lowest BCUT2D eigenvalue weighted by Crippen LogP contribution is -2.40. The highest BCUT2D eigenvalue weighted by molar-refractivity contribution is 5.11. The van der Waals surface area contributed by atoms with Crippen molar-refractivity contribution >= 4 is 0 Å². The average Bonchev–Trinajstić information content (AvgIpc) is 3.11. The van der Waals surface area contributed by atoms with Crippen molar-refractivity contribution in [2.24, 2.45) is 5.92 Å². The summed E-state index contributed by atoms with van der Waals surface area (Å²) in [6.07, 6.45) is 6.18. The predicted octanol–water partition coefficient (Wildman–Crippen LogP) is 1.64. The fraction of sp³-hybridized carbons (Fsp3) is 0.583. The highest BCUT2D eigenvalue weighted by atomic mass is 16.3. The molecule has 0 aromatic carbocycles. The summed E-state index contributed by atoms with van der Waals surface area (Å²) < 4.78 is 0. The highest BCUT2D eigenvalue weighted by Crippen LogP contribution is 2.36. The summed E-state index contributed by atoms with van der Waals surface area (Å²) in [5.74, 6) is 0.827. The van der Waals surface area contributed by atoms with Crippen molar-refractivity contribution in [1.29, 1.82) is 0 Å². The molecule has 1 unspecified atom stereocenters. The van der Waals surface area contributed by atoms with Crippen molar-refractivity contribution in [2.75, 3.05) is 7.05 Å². The van der Waals surface area contributed by atoms with Gasteiger partial charge in [0.15, 0.2) is 5.72 Å². The highest BCUT2D eigenvalue weighted by Gasteiger charge is 2.31. The zero-order valence-electron chi connectivity index (χ0n) is 9.11. The summed E-state index contributed by atoms with van der Waals surface area (Å²) >= 11 is 0. The number of pyridine rings is 1. The lowest BCUT2D eigenvalue weighted by Gasteiger charge is -2.27. The summed E-state index contributed by atoms with van der Waals surface area (Å²) in [5.41, 5.74) is -0.239. The van der Waals surface area contributed by atoms with Gasteiger partial charge in [-0.15, -0.1) is 0 Å². The lowest BCUT2D eigenvalue weighted by atomic mass is 10.0. The van der Waals surface area contributed by atoms with Gasteiger partial charge in [-0.05, 0) is 37.9 Å². The van der Waals surface area contributed by atoms with E-state index in [1.54, 1.807) is 13.2 Å². The van der Waals surface area contributed by atoms with E-state index in [9.17, 15) is 5.11 Å². The molecule has 2 rings (SSSR count). The first-order valence-corrected chi connectivity index (χ1v) is 5.57. The number of aliphatic hydroxyl groups is 1. The van der Waals surface area contributed by atoms with Crippen LogP contribution in [0.25, 0.3) is 0 Å². The second kappa shape index (κ2) is 4.29. The van der Waals surface area contributed by atoms with Gasteiger partial charge >= 0.3 is 0 Å². The van der Waals surface area contributed by atoms with E-state index in [2.05, 4.69) is 10.3 Å². The van der Waals surface area contributed by atoms with E-state index >= 15 is 0 Å². The van der Waals surface area contributed by atoms with Gasteiger partial charge < -0.3 is 5.11 Å². The molecule has 0 radical (unpaired) electrons. The van der Waals surface area contributed by atoms with Gasteiger partial charge in [0.1, 0.15) is 0 Å². The molecule has 0 saturated heterocycles. The molecule has 2 N–H and O–H groups in total. The standard InChI is InChI=1S/C12H18N2O/c1-13-12(15,8-7-10-5-6-10)11-4-2-3-9-14-11/h2-4,9-10,13,15H,5-8H2,1H3. The Balaban J connectivity index is 2.05. The smallest absolute Gasteiger partial charge is 0.158 e. The van der Waals surface area contributed by atoms with Crippen LogP contribution < -0.4 is 5.32 Å². The van der Waals surface area contributed by atoms with Gasteiger partial charge in [0.25, 0.3) is 0 Å². The van der Waals surface area contributed by atoms with Crippen molar-refractivity contribution in [3.8, 4) is 0 Å². The molecule has 0 amide bonds. The number of hydrogen-bond acceptors (Lipinski definition) is 3. The number of nitrogens with one attached hydrogen (secondary N) is 1. The third-order valence-electron chi connectivity index (χ3n) is 3.11. The normalized spacial score (nSPS) is 19.9. The minimum atomic E-state index is -0.955. The zero-order chi connectivity index (χ0) is 10.7. The molecular formula is C12H18N2O. The Morgan fingerprint density at radius 2 is 2.33 bits per heavy atom. The Morgan fingerprint density at radius 3 is 2.87 bits per heavy atom. The summed E-state index contributed by atoms with van der Waals surface area (Å²) in [6.45, 7) is 0. The predicted molar refractivity (Wildman–Crippen MR) is 59.2 cm³/mol. The Labute approximate surface area is 90.5 Å². The van der Waals surface area contributed by atoms with E-state index < -0.39 is 5.72 Å². The summed E-state index contributed by atoms with van der Waals surface area (Å²) in [5, 5.41) is 13.4. The third-order valence-corrected chi connectivity index (χ3v) is 3.11. The summed E-state index contributed by atoms with van der Waals surface area (Å²) in [6, 6.07) is 5.63. The maximum Gasteiger partial charge on any atom is 0.158 e. The fourth-order valence-corrected chi connectivity index (χ4v) is 1.81. The summed E-state index contributed by atoms with van der Waals surface area (Å²) in [4.78, 5) is 4.21. The molecule has 1 atom stereocenters. The molecule has 82 valence electrons. The molecular weight excluding hydrogens is 188 g/mol. The van der Waals surface area contributed by atoms with Crippen LogP contribution >= 0.6 is 0 Å². The number of aromatic nitrogens is 1. The van der Waals surface area contributed by atoms with Crippen LogP contribution in [0.3, 0.4) is 0 Å². The molecule has 1 aliphatic carbocycles. The van der Waals surface area contributed by atoms with Gasteiger partial charge in [-0.2, -0.15) is 0 Å². The van der Waals surface area contributed by atoms with E-state index in [0.29, 0.717) is 5.69 Å². The van der Waals surface area contributed by atoms with Crippen molar-refractivity contribution in [2.45, 2.75) is 31.4 Å². The number of hydrogen-bond donors (Lipinski definition) is 2. The minimum Gasteiger partial charge on any atom is -0.370 e. The molecule has 1 aromatic rings. The largest absolute Gasteiger partial charge is 0.370 e. The quantitative estimate of drug-likeness (QED) is 0.720. The monoisotopic (exact) mass is 206 g/mol. The van der Waals surface area contributed by atoms with Crippen molar-refractivity contribution in [3.05, 3.63) is 30.1 Å². The van der Waals surface area contributed by atoms with Crippen LogP contribution in [0, 0.1) is 5.92 Å². The first-order valence-electron chi connectivity index (χ1n) is 5.57. The van der Waals surface area contributed by atoms with Gasteiger partial charge in [-0.3, -0.25) is 10.3 Å². The fourth-order valence-electron chi connectivity index (χ4n) is 1.81. The Bertz CT molecular complexity index is 311. The Hall–Kier alpha value is -0.930. The maximum atomic E-state index is 10.4. The molecule has 1 saturated carbocycles. The van der Waals surface area contributed by atoms with Crippen molar-refractivity contribution < 1.29 is 5.11 Å². The molecule has 0 aliphatic heterocycles. The van der Waals surface area contributed by atoms with Crippen LogP contribution in [-0.2, 0) is 5.72 Å². The number of rotatable bonds is 5. The van der Waals surface area contributed by atoms with Crippen LogP contribution in [0.5, 0.6) is 0 Å². The van der Waals surface area contributed by atoms with E-state index in [1.807, 2.05) is 18.2 Å². The molecule has 3 heteroatoms. The van der Waals surface area contributed by atoms with E-state index in [-0.39, 0.29) is 0 Å². The molecule has 1 aromatic heterocycles. The molecule has 0 spiro atoms. The van der Waals surface area contributed by atoms with Gasteiger partial charge in [0.05, 0.1) is 5.69 Å². The summed E-state index contributed by atoms with van der Waals surface area (Å²) in [7, 11) is 1.78. The van der Waals surface area contributed by atoms with E-state index in [1.165, 1.54) is 12.8 Å². The van der Waals surface area contributed by atoms with Gasteiger partial charge in [0.2, 0.25) is 0 Å². The van der Waals surface area contributed by atoms with E-state index in [0.717, 1.165) is 18.8 Å². The lowest BCUT2D eigenvalue weighted by molar-refractivity contribution is -0.00798.